The second-order valence-corrected chi connectivity index (χ2v) is 7.43. The molecule has 0 spiro atoms. The lowest BCUT2D eigenvalue weighted by molar-refractivity contribution is -0.302. The van der Waals surface area contributed by atoms with Crippen LogP contribution >= 0.6 is 0 Å². The van der Waals surface area contributed by atoms with Crippen molar-refractivity contribution in [1.82, 2.24) is 5.01 Å². The molecule has 1 amide bonds. The number of carbonyl (C=O) groups excluding carboxylic acids is 1. The maximum atomic E-state index is 13.4. The zero-order valence-electron chi connectivity index (χ0n) is 16.1. The molecule has 8 heteroatoms. The minimum atomic E-state index is -5.03. The predicted molar refractivity (Wildman–Crippen MR) is 95.5 cm³/mol. The number of hydrazone groups is 1. The first-order chi connectivity index (χ1) is 12.4. The third-order valence-electron chi connectivity index (χ3n) is 4.51. The quantitative estimate of drug-likeness (QED) is 0.832. The van der Waals surface area contributed by atoms with Crippen LogP contribution in [0.25, 0.3) is 0 Å². The molecule has 27 heavy (non-hydrogen) atoms. The molecule has 0 saturated heterocycles. The van der Waals surface area contributed by atoms with E-state index in [4.69, 9.17) is 4.74 Å². The summed E-state index contributed by atoms with van der Waals surface area (Å²) in [6, 6.07) is 5.48. The molecule has 150 valence electrons. The number of aryl methyl sites for hydroxylation is 1. The number of halogens is 3. The van der Waals surface area contributed by atoms with Crippen molar-refractivity contribution in [3.05, 3.63) is 29.3 Å². The van der Waals surface area contributed by atoms with Crippen LogP contribution < -0.4 is 4.74 Å². The van der Waals surface area contributed by atoms with Gasteiger partial charge in [-0.3, -0.25) is 4.79 Å². The van der Waals surface area contributed by atoms with Crippen molar-refractivity contribution in [2.45, 2.75) is 58.9 Å². The van der Waals surface area contributed by atoms with Crippen molar-refractivity contribution in [2.75, 3.05) is 6.61 Å². The first-order valence-electron chi connectivity index (χ1n) is 8.79. The molecule has 1 aromatic carbocycles. The highest BCUT2D eigenvalue weighted by Gasteiger charge is 2.63. The number of ether oxygens (including phenoxy) is 1. The van der Waals surface area contributed by atoms with Crippen LogP contribution in [-0.2, 0) is 4.79 Å². The molecule has 1 atom stereocenters. The van der Waals surface area contributed by atoms with Crippen LogP contribution in [0.3, 0.4) is 0 Å². The smallest absolute Gasteiger partial charge is 0.438 e. The minimum absolute atomic E-state index is 0.111. The van der Waals surface area contributed by atoms with Crippen LogP contribution in [0, 0.1) is 12.8 Å². The second kappa shape index (κ2) is 7.50. The normalized spacial score (nSPS) is 20.4. The molecule has 1 aliphatic heterocycles. The van der Waals surface area contributed by atoms with Gasteiger partial charge < -0.3 is 9.84 Å². The first-order valence-corrected chi connectivity index (χ1v) is 8.79. The Hall–Kier alpha value is -2.09. The molecule has 0 radical (unpaired) electrons. The van der Waals surface area contributed by atoms with E-state index in [0.29, 0.717) is 5.75 Å². The molecule has 0 unspecified atom stereocenters. The number of carbonyl (C=O) groups is 1. The Balaban J connectivity index is 2.25. The molecule has 5 nitrogen and oxygen atoms in total. The highest BCUT2D eigenvalue weighted by Crippen LogP contribution is 2.41. The monoisotopic (exact) mass is 386 g/mol. The van der Waals surface area contributed by atoms with Crippen LogP contribution in [0.15, 0.2) is 23.3 Å². The average molecular weight is 386 g/mol. The van der Waals surface area contributed by atoms with Crippen molar-refractivity contribution >= 4 is 11.6 Å². The second-order valence-electron chi connectivity index (χ2n) is 7.43. The number of rotatable bonds is 5. The largest absolute Gasteiger partial charge is 0.483 e. The topological polar surface area (TPSA) is 62.1 Å². The lowest BCUT2D eigenvalue weighted by Crippen LogP contribution is -2.57. The fourth-order valence-electron chi connectivity index (χ4n) is 2.82. The van der Waals surface area contributed by atoms with Crippen LogP contribution in [0.2, 0.25) is 0 Å². The molecule has 1 heterocycles. The van der Waals surface area contributed by atoms with Gasteiger partial charge >= 0.3 is 6.18 Å². The number of benzene rings is 1. The third-order valence-corrected chi connectivity index (χ3v) is 4.51. The van der Waals surface area contributed by atoms with E-state index in [1.807, 2.05) is 32.9 Å². The zero-order valence-corrected chi connectivity index (χ0v) is 16.1. The van der Waals surface area contributed by atoms with Gasteiger partial charge in [0.1, 0.15) is 5.75 Å². The molecule has 1 N–H and O–H groups in total. The van der Waals surface area contributed by atoms with Gasteiger partial charge in [0.15, 0.2) is 6.61 Å². The highest BCUT2D eigenvalue weighted by atomic mass is 19.4. The molecule has 1 aromatic rings. The number of aliphatic hydroxyl groups is 1. The summed E-state index contributed by atoms with van der Waals surface area (Å²) in [4.78, 5) is 12.4. The Bertz CT molecular complexity index is 744. The molecular weight excluding hydrogens is 361 g/mol. The standard InChI is InChI=1S/C19H25F3N2O3/c1-11(2)14-7-6-13(5)8-16(14)27-10-17(25)24-18(26,19(20,21)22)9-15(23-24)12(3)4/h6-8,11-12,26H,9-10H2,1-5H3/t18-/m0/s1. The molecule has 2 rings (SSSR count). The maximum absolute atomic E-state index is 13.4. The van der Waals surface area contributed by atoms with Gasteiger partial charge in [-0.05, 0) is 36.0 Å². The summed E-state index contributed by atoms with van der Waals surface area (Å²) in [5, 5.41) is 14.0. The van der Waals surface area contributed by atoms with E-state index in [2.05, 4.69) is 5.10 Å². The summed E-state index contributed by atoms with van der Waals surface area (Å²) in [6.45, 7) is 8.39. The summed E-state index contributed by atoms with van der Waals surface area (Å²) in [6.07, 6.45) is -5.79. The van der Waals surface area contributed by atoms with E-state index in [1.165, 1.54) is 0 Å². The number of hydrogen-bond acceptors (Lipinski definition) is 4. The summed E-state index contributed by atoms with van der Waals surface area (Å²) < 4.78 is 45.8. The maximum Gasteiger partial charge on any atom is 0.438 e. The van der Waals surface area contributed by atoms with Crippen LogP contribution in [-0.4, -0.2) is 40.2 Å². The first kappa shape index (κ1) is 21.2. The zero-order chi connectivity index (χ0) is 20.6. The van der Waals surface area contributed by atoms with Crippen molar-refractivity contribution in [2.24, 2.45) is 11.0 Å². The number of hydrogen-bond donors (Lipinski definition) is 1. The number of alkyl halides is 3. The van der Waals surface area contributed by atoms with Gasteiger partial charge in [0.05, 0.1) is 0 Å². The Morgan fingerprint density at radius 2 is 1.93 bits per heavy atom. The SMILES string of the molecule is Cc1ccc(C(C)C)c(OCC(=O)N2N=C(C(C)C)C[C@]2(O)C(F)(F)F)c1. The Morgan fingerprint density at radius 1 is 1.30 bits per heavy atom. The summed E-state index contributed by atoms with van der Waals surface area (Å²) >= 11 is 0. The van der Waals surface area contributed by atoms with Crippen molar-refractivity contribution in [3.8, 4) is 5.75 Å². The fourth-order valence-corrected chi connectivity index (χ4v) is 2.82. The van der Waals surface area contributed by atoms with Gasteiger partial charge in [0, 0.05) is 12.1 Å². The van der Waals surface area contributed by atoms with E-state index in [9.17, 15) is 23.1 Å². The van der Waals surface area contributed by atoms with Crippen LogP contribution in [0.1, 0.15) is 51.2 Å². The van der Waals surface area contributed by atoms with Gasteiger partial charge in [-0.1, -0.05) is 39.8 Å². The van der Waals surface area contributed by atoms with Crippen LogP contribution in [0.4, 0.5) is 13.2 Å². The molecule has 0 fully saturated rings. The molecule has 0 bridgehead atoms. The number of amides is 1. The molecule has 0 saturated carbocycles. The summed E-state index contributed by atoms with van der Waals surface area (Å²) in [5.41, 5.74) is -1.50. The minimum Gasteiger partial charge on any atom is -0.483 e. The van der Waals surface area contributed by atoms with Crippen LogP contribution in [0.5, 0.6) is 5.75 Å². The lowest BCUT2D eigenvalue weighted by atomic mass is 9.99. The van der Waals surface area contributed by atoms with Gasteiger partial charge in [0.2, 0.25) is 0 Å². The molecule has 0 aromatic heterocycles. The Labute approximate surface area is 156 Å². The number of nitrogens with zero attached hydrogens (tertiary/aromatic N) is 2. The molecule has 0 aliphatic carbocycles. The predicted octanol–water partition coefficient (Wildman–Crippen LogP) is 3.99. The van der Waals surface area contributed by atoms with E-state index >= 15 is 0 Å². The van der Waals surface area contributed by atoms with Gasteiger partial charge in [-0.15, -0.1) is 0 Å². The van der Waals surface area contributed by atoms with Gasteiger partial charge in [-0.25, -0.2) is 0 Å². The van der Waals surface area contributed by atoms with E-state index in [-0.39, 0.29) is 22.6 Å². The summed E-state index contributed by atoms with van der Waals surface area (Å²) in [7, 11) is 0. The summed E-state index contributed by atoms with van der Waals surface area (Å²) in [5.74, 6) is -0.843. The van der Waals surface area contributed by atoms with Gasteiger partial charge in [0.25, 0.3) is 11.6 Å². The van der Waals surface area contributed by atoms with Gasteiger partial charge in [-0.2, -0.15) is 23.3 Å². The Kier molecular flexibility index (Phi) is 5.89. The molecule has 1 aliphatic rings. The van der Waals surface area contributed by atoms with Crippen molar-refractivity contribution in [3.63, 3.8) is 0 Å². The average Bonchev–Trinajstić information content (AvgIpc) is 2.91. The van der Waals surface area contributed by atoms with Crippen molar-refractivity contribution < 1.29 is 27.8 Å². The van der Waals surface area contributed by atoms with E-state index < -0.39 is 30.8 Å². The van der Waals surface area contributed by atoms with E-state index in [0.717, 1.165) is 11.1 Å². The molecular formula is C19H25F3N2O3. The lowest BCUT2D eigenvalue weighted by Gasteiger charge is -2.32. The van der Waals surface area contributed by atoms with Crippen molar-refractivity contribution in [1.29, 1.82) is 0 Å². The van der Waals surface area contributed by atoms with E-state index in [1.54, 1.807) is 19.9 Å². The third kappa shape index (κ3) is 4.26. The fraction of sp³-hybridized carbons (Fsp3) is 0.579. The Morgan fingerprint density at radius 3 is 2.44 bits per heavy atom. The highest BCUT2D eigenvalue weighted by molar-refractivity contribution is 5.92.